The SMILES string of the molecule is CCCC(=O)NCCOCCOCC(=O)NCCOCCOCC(=O)CCCCC[C@H](NCC(=O)CCc1cnc[nH]1)C(=O)O.C[C@H](CC(=O)C1CCC(CCC(=O)CCCCCCCCCCCCCCCCCCC(=O)O)CC1)C(=O)O. The number of aliphatic carboxylic acids is 3. The van der Waals surface area contributed by atoms with Crippen LogP contribution in [0.15, 0.2) is 12.5 Å². The molecule has 482 valence electrons. The predicted octanol–water partition coefficient (Wildman–Crippen LogP) is 9.50. The first-order chi connectivity index (χ1) is 40.6. The second-order valence-electron chi connectivity index (χ2n) is 22.6. The fraction of sp³-hybridized carbons (Fsp3) is 0.810. The topological polar surface area (TPSA) is 316 Å². The van der Waals surface area contributed by atoms with Crippen LogP contribution >= 0.6 is 0 Å². The van der Waals surface area contributed by atoms with Crippen LogP contribution in [0, 0.1) is 17.8 Å². The Morgan fingerprint density at radius 1 is 0.560 bits per heavy atom. The molecule has 0 unspecified atom stereocenters. The minimum Gasteiger partial charge on any atom is -0.481 e. The number of hydrogen-bond donors (Lipinski definition) is 7. The normalized spacial score (nSPS) is 14.6. The molecule has 1 aliphatic rings. The summed E-state index contributed by atoms with van der Waals surface area (Å²) in [7, 11) is 0. The maximum atomic E-state index is 12.3. The number of rotatable bonds is 57. The number of carboxylic acid groups (broad SMARTS) is 3. The molecule has 7 N–H and O–H groups in total. The second kappa shape index (κ2) is 53.5. The Bertz CT molecular complexity index is 1910. The van der Waals surface area contributed by atoms with Crippen LogP contribution in [0.25, 0.3) is 0 Å². The Labute approximate surface area is 501 Å². The van der Waals surface area contributed by atoms with Gasteiger partial charge < -0.3 is 49.9 Å². The van der Waals surface area contributed by atoms with E-state index >= 15 is 0 Å². The smallest absolute Gasteiger partial charge is 0.320 e. The number of H-pyrrole nitrogens is 1. The van der Waals surface area contributed by atoms with E-state index < -0.39 is 29.9 Å². The van der Waals surface area contributed by atoms with E-state index in [1.54, 1.807) is 19.4 Å². The molecular formula is C63H109N5O16. The lowest BCUT2D eigenvalue weighted by Gasteiger charge is -2.28. The lowest BCUT2D eigenvalue weighted by atomic mass is 9.76. The van der Waals surface area contributed by atoms with Gasteiger partial charge in [0.15, 0.2) is 5.78 Å². The van der Waals surface area contributed by atoms with Crippen molar-refractivity contribution in [2.75, 3.05) is 72.5 Å². The summed E-state index contributed by atoms with van der Waals surface area (Å²) in [6, 6.07) is -0.810. The van der Waals surface area contributed by atoms with Crippen molar-refractivity contribution in [3.8, 4) is 0 Å². The van der Waals surface area contributed by atoms with Gasteiger partial charge in [0.2, 0.25) is 11.8 Å². The highest BCUT2D eigenvalue weighted by Crippen LogP contribution is 2.33. The molecule has 1 aliphatic carbocycles. The molecule has 0 spiro atoms. The minimum absolute atomic E-state index is 0.00484. The van der Waals surface area contributed by atoms with Gasteiger partial charge in [0.1, 0.15) is 36.6 Å². The molecule has 0 radical (unpaired) electrons. The summed E-state index contributed by atoms with van der Waals surface area (Å²) >= 11 is 0. The average Bonchev–Trinajstić information content (AvgIpc) is 4.09. The molecule has 1 heterocycles. The van der Waals surface area contributed by atoms with Gasteiger partial charge in [-0.15, -0.1) is 0 Å². The maximum absolute atomic E-state index is 12.3. The van der Waals surface area contributed by atoms with Crippen LogP contribution in [0.1, 0.15) is 231 Å². The summed E-state index contributed by atoms with van der Waals surface area (Å²) in [4.78, 5) is 111. The molecule has 1 aromatic heterocycles. The van der Waals surface area contributed by atoms with E-state index in [4.69, 9.17) is 29.2 Å². The van der Waals surface area contributed by atoms with Crippen LogP contribution in [-0.2, 0) is 68.5 Å². The summed E-state index contributed by atoms with van der Waals surface area (Å²) in [5, 5.41) is 35.3. The van der Waals surface area contributed by atoms with Gasteiger partial charge in [-0.25, -0.2) is 4.98 Å². The number of aromatic nitrogens is 2. The van der Waals surface area contributed by atoms with Gasteiger partial charge in [0, 0.05) is 75.8 Å². The number of carbonyl (C=O) groups excluding carboxylic acids is 6. The molecular weight excluding hydrogens is 1080 g/mol. The largest absolute Gasteiger partial charge is 0.481 e. The number of unbranched alkanes of at least 4 members (excludes halogenated alkanes) is 17. The summed E-state index contributed by atoms with van der Waals surface area (Å²) in [6.07, 6.45) is 34.0. The Kier molecular flexibility index (Phi) is 49.1. The highest BCUT2D eigenvalue weighted by Gasteiger charge is 2.28. The molecule has 0 aliphatic heterocycles. The van der Waals surface area contributed by atoms with E-state index in [2.05, 4.69) is 25.9 Å². The number of Topliss-reactive ketones (excluding diaryl/α,β-unsaturated/α-hetero) is 4. The number of carboxylic acids is 3. The first kappa shape index (κ1) is 77.1. The highest BCUT2D eigenvalue weighted by atomic mass is 16.5. The molecule has 1 aromatic rings. The average molecular weight is 1190 g/mol. The molecule has 0 bridgehead atoms. The first-order valence-corrected chi connectivity index (χ1v) is 31.9. The third kappa shape index (κ3) is 47.3. The molecule has 1 saturated carbocycles. The van der Waals surface area contributed by atoms with Crippen molar-refractivity contribution in [3.63, 3.8) is 0 Å². The van der Waals surface area contributed by atoms with Crippen molar-refractivity contribution in [2.24, 2.45) is 17.8 Å². The maximum Gasteiger partial charge on any atom is 0.320 e. The van der Waals surface area contributed by atoms with Crippen molar-refractivity contribution in [1.82, 2.24) is 25.9 Å². The Morgan fingerprint density at radius 3 is 1.60 bits per heavy atom. The van der Waals surface area contributed by atoms with Crippen molar-refractivity contribution in [1.29, 1.82) is 0 Å². The summed E-state index contributed by atoms with van der Waals surface area (Å²) in [5.41, 5.74) is 0.856. The van der Waals surface area contributed by atoms with E-state index in [1.165, 1.54) is 77.0 Å². The number of nitrogens with one attached hydrogen (secondary N) is 4. The van der Waals surface area contributed by atoms with Gasteiger partial charge in [0.05, 0.1) is 58.4 Å². The molecule has 2 rings (SSSR count). The number of aryl methyl sites for hydroxylation is 1. The van der Waals surface area contributed by atoms with Gasteiger partial charge in [-0.1, -0.05) is 117 Å². The third-order valence-corrected chi connectivity index (χ3v) is 15.0. The fourth-order valence-electron chi connectivity index (χ4n) is 9.83. The van der Waals surface area contributed by atoms with Crippen LogP contribution in [0.2, 0.25) is 0 Å². The zero-order valence-electron chi connectivity index (χ0n) is 51.4. The van der Waals surface area contributed by atoms with Gasteiger partial charge in [-0.3, -0.25) is 48.5 Å². The first-order valence-electron chi connectivity index (χ1n) is 31.9. The van der Waals surface area contributed by atoms with E-state index in [9.17, 15) is 48.3 Å². The van der Waals surface area contributed by atoms with E-state index in [0.29, 0.717) is 115 Å². The number of nitrogens with zero attached hydrogens (tertiary/aromatic N) is 1. The highest BCUT2D eigenvalue weighted by molar-refractivity contribution is 5.85. The monoisotopic (exact) mass is 1190 g/mol. The Balaban J connectivity index is 0.000000849. The number of carbonyl (C=O) groups is 9. The van der Waals surface area contributed by atoms with Crippen LogP contribution in [0.5, 0.6) is 0 Å². The molecule has 0 aromatic carbocycles. The molecule has 2 atom stereocenters. The van der Waals surface area contributed by atoms with Crippen molar-refractivity contribution >= 4 is 52.9 Å². The number of hydrogen-bond acceptors (Lipinski definition) is 15. The molecule has 2 amide bonds. The second-order valence-corrected chi connectivity index (χ2v) is 22.6. The molecule has 21 nitrogen and oxygen atoms in total. The Morgan fingerprint density at radius 2 is 1.07 bits per heavy atom. The standard InChI is InChI=1S/C33H58O6.C30H51N5O10/c1-27(33(38)39)26-31(35)29-23-20-28(21-24-29)22-25-30(34)18-16-14-12-10-8-6-4-2-3-5-7-9-11-13-15-17-19-32(36)37;1-2-6-28(38)32-11-13-42-16-18-45-22-29(39)33-12-14-43-15-17-44-21-26(37)7-4-3-5-8-27(30(40)41)34-20-25(36)10-9-24-19-31-23-35-24/h27-29H,2-26H2,1H3,(H,36,37)(H,38,39);19,23,27,34H,2-18,20-22H2,1H3,(H,31,35)(H,32,38)(H,33,39)(H,40,41)/t27-,28?,29?;27-/m10/s1. The zero-order chi connectivity index (χ0) is 61.7. The quantitative estimate of drug-likeness (QED) is 0.0298. The predicted molar refractivity (Wildman–Crippen MR) is 320 cm³/mol. The molecule has 1 fully saturated rings. The van der Waals surface area contributed by atoms with E-state index in [0.717, 1.165) is 69.9 Å². The molecule has 84 heavy (non-hydrogen) atoms. The van der Waals surface area contributed by atoms with Crippen molar-refractivity contribution in [2.45, 2.75) is 238 Å². The molecule has 21 heteroatoms. The van der Waals surface area contributed by atoms with Crippen LogP contribution in [0.3, 0.4) is 0 Å². The van der Waals surface area contributed by atoms with Gasteiger partial charge in [0.25, 0.3) is 0 Å². The van der Waals surface area contributed by atoms with Crippen LogP contribution in [0.4, 0.5) is 0 Å². The fourth-order valence-corrected chi connectivity index (χ4v) is 9.83. The number of ketones is 4. The van der Waals surface area contributed by atoms with Gasteiger partial charge in [-0.05, 0) is 76.5 Å². The number of aromatic amines is 1. The lowest BCUT2D eigenvalue weighted by molar-refractivity contribution is -0.143. The minimum atomic E-state index is -1.00. The summed E-state index contributed by atoms with van der Waals surface area (Å²) in [5.74, 6) is -2.50. The number of amides is 2. The number of ether oxygens (including phenoxy) is 4. The van der Waals surface area contributed by atoms with Crippen LogP contribution in [-0.4, -0.2) is 157 Å². The molecule has 0 saturated heterocycles. The van der Waals surface area contributed by atoms with E-state index in [1.807, 2.05) is 6.92 Å². The van der Waals surface area contributed by atoms with Crippen molar-refractivity contribution in [3.05, 3.63) is 18.2 Å². The third-order valence-electron chi connectivity index (χ3n) is 15.0. The summed E-state index contributed by atoms with van der Waals surface area (Å²) in [6.45, 7) is 5.99. The van der Waals surface area contributed by atoms with Crippen molar-refractivity contribution < 1.29 is 77.4 Å². The lowest BCUT2D eigenvalue weighted by Crippen LogP contribution is -2.39. The van der Waals surface area contributed by atoms with Gasteiger partial charge in [-0.2, -0.15) is 0 Å². The van der Waals surface area contributed by atoms with Crippen LogP contribution < -0.4 is 16.0 Å². The number of imidazole rings is 1. The Hall–Kier alpha value is -4.96. The van der Waals surface area contributed by atoms with Gasteiger partial charge >= 0.3 is 17.9 Å². The van der Waals surface area contributed by atoms with E-state index in [-0.39, 0.29) is 81.1 Å². The summed E-state index contributed by atoms with van der Waals surface area (Å²) < 4.78 is 21.3. The zero-order valence-corrected chi connectivity index (χ0v) is 51.4.